The van der Waals surface area contributed by atoms with Gasteiger partial charge in [0.2, 0.25) is 0 Å². The second-order valence-electron chi connectivity index (χ2n) is 7.24. The molecule has 0 saturated carbocycles. The van der Waals surface area contributed by atoms with Gasteiger partial charge in [-0.15, -0.1) is 0 Å². The lowest BCUT2D eigenvalue weighted by atomic mass is 9.97. The van der Waals surface area contributed by atoms with Crippen LogP contribution < -0.4 is 9.64 Å². The molecule has 0 radical (unpaired) electrons. The zero-order chi connectivity index (χ0) is 18.5. The molecular formula is C22H23N3OS. The third-order valence-corrected chi connectivity index (χ3v) is 6.99. The van der Waals surface area contributed by atoms with Gasteiger partial charge in [-0.25, -0.2) is 0 Å². The van der Waals surface area contributed by atoms with Crippen LogP contribution >= 0.6 is 11.8 Å². The summed E-state index contributed by atoms with van der Waals surface area (Å²) in [5.41, 5.74) is 6.29. The monoisotopic (exact) mass is 377 g/mol. The Morgan fingerprint density at radius 3 is 2.67 bits per heavy atom. The summed E-state index contributed by atoms with van der Waals surface area (Å²) in [6, 6.07) is 17.5. The first-order chi connectivity index (χ1) is 13.1. The summed E-state index contributed by atoms with van der Waals surface area (Å²) in [6.45, 7) is 5.06. The molecule has 0 fully saturated rings. The Hall–Kier alpha value is -2.40. The van der Waals surface area contributed by atoms with Crippen LogP contribution in [0.1, 0.15) is 40.4 Å². The molecule has 0 amide bonds. The van der Waals surface area contributed by atoms with E-state index in [2.05, 4.69) is 67.3 Å². The fourth-order valence-electron chi connectivity index (χ4n) is 4.36. The van der Waals surface area contributed by atoms with Crippen LogP contribution in [-0.2, 0) is 7.05 Å². The van der Waals surface area contributed by atoms with E-state index in [4.69, 9.17) is 9.84 Å². The van der Waals surface area contributed by atoms with Gasteiger partial charge < -0.3 is 9.64 Å². The smallest absolute Gasteiger partial charge is 0.124 e. The van der Waals surface area contributed by atoms with Gasteiger partial charge in [0.15, 0.2) is 0 Å². The van der Waals surface area contributed by atoms with Gasteiger partial charge in [-0.05, 0) is 32.0 Å². The fourth-order valence-corrected chi connectivity index (χ4v) is 5.89. The largest absolute Gasteiger partial charge is 0.493 e. The van der Waals surface area contributed by atoms with Gasteiger partial charge in [-0.1, -0.05) is 42.1 Å². The van der Waals surface area contributed by atoms with Crippen LogP contribution in [0, 0.1) is 13.8 Å². The fraction of sp³-hybridized carbons (Fsp3) is 0.318. The van der Waals surface area contributed by atoms with Crippen molar-refractivity contribution in [3.63, 3.8) is 0 Å². The second kappa shape index (κ2) is 6.34. The summed E-state index contributed by atoms with van der Waals surface area (Å²) < 4.78 is 7.95. The van der Waals surface area contributed by atoms with Crippen LogP contribution in [0.15, 0.2) is 53.4 Å². The maximum atomic E-state index is 5.94. The number of ether oxygens (including phenoxy) is 1. The number of benzene rings is 2. The van der Waals surface area contributed by atoms with Gasteiger partial charge in [0.25, 0.3) is 0 Å². The molecule has 0 N–H and O–H groups in total. The van der Waals surface area contributed by atoms with E-state index in [0.717, 1.165) is 24.5 Å². The molecule has 0 saturated heterocycles. The van der Waals surface area contributed by atoms with E-state index in [1.165, 1.54) is 27.4 Å². The van der Waals surface area contributed by atoms with E-state index in [-0.39, 0.29) is 5.37 Å². The van der Waals surface area contributed by atoms with Gasteiger partial charge in [-0.2, -0.15) is 5.10 Å². The first-order valence-corrected chi connectivity index (χ1v) is 10.3. The molecule has 3 aromatic rings. The molecule has 2 aromatic carbocycles. The molecule has 0 bridgehead atoms. The normalized spacial score (nSPS) is 20.9. The summed E-state index contributed by atoms with van der Waals surface area (Å²) in [6.07, 6.45) is 0.987. The van der Waals surface area contributed by atoms with Crippen LogP contribution in [0.25, 0.3) is 0 Å². The van der Waals surface area contributed by atoms with E-state index < -0.39 is 0 Å². The number of hydrogen-bond acceptors (Lipinski definition) is 4. The number of rotatable bonds is 2. The van der Waals surface area contributed by atoms with Crippen molar-refractivity contribution in [3.05, 3.63) is 71.0 Å². The molecule has 138 valence electrons. The number of thioether (sulfide) groups is 1. The summed E-state index contributed by atoms with van der Waals surface area (Å²) in [4.78, 5) is 3.94. The highest BCUT2D eigenvalue weighted by Gasteiger charge is 2.40. The van der Waals surface area contributed by atoms with Crippen molar-refractivity contribution in [1.82, 2.24) is 9.78 Å². The van der Waals surface area contributed by atoms with E-state index >= 15 is 0 Å². The third kappa shape index (κ3) is 2.56. The highest BCUT2D eigenvalue weighted by atomic mass is 32.2. The van der Waals surface area contributed by atoms with E-state index in [1.54, 1.807) is 0 Å². The Labute approximate surface area is 164 Å². The molecule has 2 aliphatic heterocycles. The number of para-hydroxylation sites is 2. The summed E-state index contributed by atoms with van der Waals surface area (Å²) in [7, 11) is 2.03. The Kier molecular flexibility index (Phi) is 3.93. The summed E-state index contributed by atoms with van der Waals surface area (Å²) in [5, 5.41) is 4.92. The maximum Gasteiger partial charge on any atom is 0.124 e. The molecule has 4 nitrogen and oxygen atoms in total. The molecule has 27 heavy (non-hydrogen) atoms. The average Bonchev–Trinajstić information content (AvgIpc) is 3.17. The predicted octanol–water partition coefficient (Wildman–Crippen LogP) is 5.17. The summed E-state index contributed by atoms with van der Waals surface area (Å²) in [5.74, 6) is 1.02. The molecule has 1 aromatic heterocycles. The SMILES string of the molecule is Cc1nn(C)c(C)c1[C@@H]1Sc2ccccc2N1C1CCOc2ccccc21. The van der Waals surface area contributed by atoms with Crippen molar-refractivity contribution in [2.75, 3.05) is 11.5 Å². The van der Waals surface area contributed by atoms with Crippen LogP contribution in [0.5, 0.6) is 5.75 Å². The van der Waals surface area contributed by atoms with Gasteiger partial charge in [0.05, 0.1) is 24.0 Å². The first-order valence-electron chi connectivity index (χ1n) is 9.41. The van der Waals surface area contributed by atoms with Crippen molar-refractivity contribution in [2.45, 2.75) is 36.6 Å². The molecule has 3 heterocycles. The van der Waals surface area contributed by atoms with Gasteiger partial charge in [0.1, 0.15) is 11.1 Å². The topological polar surface area (TPSA) is 30.3 Å². The molecular weight excluding hydrogens is 354 g/mol. The molecule has 1 unspecified atom stereocenters. The number of nitrogens with zero attached hydrogens (tertiary/aromatic N) is 3. The minimum absolute atomic E-state index is 0.229. The van der Waals surface area contributed by atoms with Crippen molar-refractivity contribution in [1.29, 1.82) is 0 Å². The highest BCUT2D eigenvalue weighted by molar-refractivity contribution is 8.00. The van der Waals surface area contributed by atoms with E-state index in [9.17, 15) is 0 Å². The quantitative estimate of drug-likeness (QED) is 0.616. The zero-order valence-corrected chi connectivity index (χ0v) is 16.7. The number of aromatic nitrogens is 2. The first kappa shape index (κ1) is 16.8. The van der Waals surface area contributed by atoms with E-state index in [0.29, 0.717) is 6.04 Å². The molecule has 0 spiro atoms. The summed E-state index contributed by atoms with van der Waals surface area (Å²) >= 11 is 1.94. The van der Waals surface area contributed by atoms with Crippen LogP contribution in [-0.4, -0.2) is 16.4 Å². The standard InChI is InChI=1S/C22H23N3OS/c1-14-21(15(2)24(3)23-14)22-25(18-9-5-7-11-20(18)27-22)17-12-13-26-19-10-6-4-8-16(17)19/h4-11,17,22H,12-13H2,1-3H3/t17?,22-/m0/s1. The van der Waals surface area contributed by atoms with Crippen LogP contribution in [0.2, 0.25) is 0 Å². The number of fused-ring (bicyclic) bond motifs is 2. The van der Waals surface area contributed by atoms with Crippen LogP contribution in [0.4, 0.5) is 5.69 Å². The van der Waals surface area contributed by atoms with Crippen molar-refractivity contribution in [2.24, 2.45) is 7.05 Å². The maximum absolute atomic E-state index is 5.94. The lowest BCUT2D eigenvalue weighted by molar-refractivity contribution is 0.263. The van der Waals surface area contributed by atoms with Gasteiger partial charge >= 0.3 is 0 Å². The highest BCUT2D eigenvalue weighted by Crippen LogP contribution is 2.57. The minimum atomic E-state index is 0.229. The van der Waals surface area contributed by atoms with Crippen molar-refractivity contribution in [3.8, 4) is 5.75 Å². The molecule has 2 aliphatic rings. The van der Waals surface area contributed by atoms with Gasteiger partial charge in [-0.3, -0.25) is 4.68 Å². The average molecular weight is 378 g/mol. The number of aryl methyl sites for hydroxylation is 2. The third-order valence-electron chi connectivity index (χ3n) is 5.71. The number of hydrogen-bond donors (Lipinski definition) is 0. The minimum Gasteiger partial charge on any atom is -0.493 e. The lowest BCUT2D eigenvalue weighted by Gasteiger charge is -2.38. The second-order valence-corrected chi connectivity index (χ2v) is 8.37. The molecule has 5 heteroatoms. The van der Waals surface area contributed by atoms with Crippen molar-refractivity contribution >= 4 is 17.4 Å². The Morgan fingerprint density at radius 2 is 1.85 bits per heavy atom. The molecule has 2 atom stereocenters. The zero-order valence-electron chi connectivity index (χ0n) is 15.8. The Balaban J connectivity index is 1.67. The van der Waals surface area contributed by atoms with Crippen molar-refractivity contribution < 1.29 is 4.74 Å². The van der Waals surface area contributed by atoms with E-state index in [1.807, 2.05) is 23.5 Å². The lowest BCUT2D eigenvalue weighted by Crippen LogP contribution is -2.33. The van der Waals surface area contributed by atoms with Gasteiger partial charge in [0, 0.05) is 35.2 Å². The predicted molar refractivity (Wildman–Crippen MR) is 109 cm³/mol. The van der Waals surface area contributed by atoms with Crippen LogP contribution in [0.3, 0.4) is 0 Å². The Bertz CT molecular complexity index is 1010. The number of anilines is 1. The Morgan fingerprint density at radius 1 is 1.07 bits per heavy atom. The molecule has 5 rings (SSSR count). The molecule has 0 aliphatic carbocycles.